The van der Waals surface area contributed by atoms with E-state index in [-0.39, 0.29) is 0 Å². The average molecular weight is 165 g/mol. The van der Waals surface area contributed by atoms with Crippen LogP contribution in [0.3, 0.4) is 0 Å². The van der Waals surface area contributed by atoms with Gasteiger partial charge in [-0.15, -0.1) is 0 Å². The maximum atomic E-state index is 4.09. The van der Waals surface area contributed by atoms with Crippen LogP contribution >= 0.6 is 0 Å². The fourth-order valence-electron chi connectivity index (χ4n) is 0.944. The molecule has 0 spiro atoms. The number of aryl methyl sites for hydroxylation is 1. The van der Waals surface area contributed by atoms with Crippen molar-refractivity contribution in [3.05, 3.63) is 18.1 Å². The lowest BCUT2D eigenvalue weighted by atomic mass is 10.3. The number of unbranched alkanes of at least 4 members (excludes halogenated alkanes) is 1. The van der Waals surface area contributed by atoms with Crippen molar-refractivity contribution in [1.29, 1.82) is 0 Å². The zero-order valence-electron chi connectivity index (χ0n) is 7.67. The molecule has 0 aliphatic carbocycles. The zero-order chi connectivity index (χ0) is 8.81. The lowest BCUT2D eigenvalue weighted by Gasteiger charge is -2.03. The second-order valence-electron chi connectivity index (χ2n) is 2.82. The van der Waals surface area contributed by atoms with E-state index in [4.69, 9.17) is 0 Å². The van der Waals surface area contributed by atoms with Gasteiger partial charge in [-0.25, -0.2) is 9.97 Å². The van der Waals surface area contributed by atoms with Crippen LogP contribution in [-0.2, 0) is 0 Å². The smallest absolute Gasteiger partial charge is 0.129 e. The van der Waals surface area contributed by atoms with Crippen LogP contribution in [0.4, 0.5) is 5.82 Å². The molecule has 0 atom stereocenters. The Morgan fingerprint density at radius 2 is 2.25 bits per heavy atom. The molecule has 0 bridgehead atoms. The van der Waals surface area contributed by atoms with Gasteiger partial charge in [-0.2, -0.15) is 0 Å². The second kappa shape index (κ2) is 4.70. The summed E-state index contributed by atoms with van der Waals surface area (Å²) in [6.07, 6.45) is 3.98. The van der Waals surface area contributed by atoms with Gasteiger partial charge in [-0.05, 0) is 13.3 Å². The summed E-state index contributed by atoms with van der Waals surface area (Å²) in [5.74, 6) is 0.927. The summed E-state index contributed by atoms with van der Waals surface area (Å²) in [6, 6.07) is 1.95. The molecule has 1 aromatic rings. The first-order valence-electron chi connectivity index (χ1n) is 4.35. The van der Waals surface area contributed by atoms with Crippen molar-refractivity contribution in [2.75, 3.05) is 11.9 Å². The normalized spacial score (nSPS) is 9.83. The highest BCUT2D eigenvalue weighted by molar-refractivity contribution is 5.33. The molecule has 0 aliphatic heterocycles. The van der Waals surface area contributed by atoms with Gasteiger partial charge in [0.25, 0.3) is 0 Å². The lowest BCUT2D eigenvalue weighted by molar-refractivity contribution is 0.830. The van der Waals surface area contributed by atoms with Gasteiger partial charge in [0.1, 0.15) is 12.1 Å². The molecule has 0 aliphatic rings. The minimum absolute atomic E-state index is 0.927. The quantitative estimate of drug-likeness (QED) is 0.693. The molecule has 3 heteroatoms. The van der Waals surface area contributed by atoms with E-state index in [9.17, 15) is 0 Å². The fourth-order valence-corrected chi connectivity index (χ4v) is 0.944. The first kappa shape index (κ1) is 8.97. The Morgan fingerprint density at radius 1 is 1.42 bits per heavy atom. The Kier molecular flexibility index (Phi) is 3.51. The standard InChI is InChI=1S/C9H15N3/c1-3-4-5-10-9-6-8(2)11-7-12-9/h6-7H,3-5H2,1-2H3,(H,10,11,12). The van der Waals surface area contributed by atoms with Crippen LogP contribution in [0.15, 0.2) is 12.4 Å². The topological polar surface area (TPSA) is 37.8 Å². The Morgan fingerprint density at radius 3 is 2.92 bits per heavy atom. The van der Waals surface area contributed by atoms with Gasteiger partial charge in [0, 0.05) is 18.3 Å². The van der Waals surface area contributed by atoms with Crippen molar-refractivity contribution in [1.82, 2.24) is 9.97 Å². The summed E-state index contributed by atoms with van der Waals surface area (Å²) in [6.45, 7) is 5.13. The van der Waals surface area contributed by atoms with E-state index in [1.165, 1.54) is 12.8 Å². The minimum atomic E-state index is 0.927. The Balaban J connectivity index is 2.41. The first-order valence-corrected chi connectivity index (χ1v) is 4.35. The molecule has 66 valence electrons. The van der Waals surface area contributed by atoms with E-state index in [2.05, 4.69) is 22.2 Å². The SMILES string of the molecule is CCCCNc1cc(C)ncn1. The number of hydrogen-bond acceptors (Lipinski definition) is 3. The number of nitrogens with zero attached hydrogens (tertiary/aromatic N) is 2. The van der Waals surface area contributed by atoms with Gasteiger partial charge in [0.2, 0.25) is 0 Å². The average Bonchev–Trinajstić information content (AvgIpc) is 2.05. The van der Waals surface area contributed by atoms with Crippen molar-refractivity contribution in [2.24, 2.45) is 0 Å². The van der Waals surface area contributed by atoms with Gasteiger partial charge < -0.3 is 5.32 Å². The maximum absolute atomic E-state index is 4.09. The van der Waals surface area contributed by atoms with Crippen molar-refractivity contribution in [3.63, 3.8) is 0 Å². The van der Waals surface area contributed by atoms with E-state index in [1.807, 2.05) is 13.0 Å². The van der Waals surface area contributed by atoms with E-state index >= 15 is 0 Å². The molecule has 0 amide bonds. The van der Waals surface area contributed by atoms with Crippen LogP contribution in [0.25, 0.3) is 0 Å². The molecular formula is C9H15N3. The van der Waals surface area contributed by atoms with Gasteiger partial charge in [-0.1, -0.05) is 13.3 Å². The molecule has 1 aromatic heterocycles. The van der Waals surface area contributed by atoms with Crippen LogP contribution in [0, 0.1) is 6.92 Å². The molecule has 0 unspecified atom stereocenters. The van der Waals surface area contributed by atoms with Crippen LogP contribution in [0.1, 0.15) is 25.5 Å². The summed E-state index contributed by atoms with van der Waals surface area (Å²) in [7, 11) is 0. The summed E-state index contributed by atoms with van der Waals surface area (Å²) in [5, 5.41) is 3.24. The van der Waals surface area contributed by atoms with Crippen LogP contribution < -0.4 is 5.32 Å². The molecule has 0 aromatic carbocycles. The van der Waals surface area contributed by atoms with Crippen molar-refractivity contribution in [3.8, 4) is 0 Å². The predicted octanol–water partition coefficient (Wildman–Crippen LogP) is 2.00. The molecule has 0 saturated carbocycles. The fraction of sp³-hybridized carbons (Fsp3) is 0.556. The number of rotatable bonds is 4. The molecule has 1 rings (SSSR count). The summed E-state index contributed by atoms with van der Waals surface area (Å²) >= 11 is 0. The van der Waals surface area contributed by atoms with Crippen LogP contribution in [-0.4, -0.2) is 16.5 Å². The Labute approximate surface area is 73.2 Å². The lowest BCUT2D eigenvalue weighted by Crippen LogP contribution is -2.03. The minimum Gasteiger partial charge on any atom is -0.370 e. The third-order valence-electron chi connectivity index (χ3n) is 1.64. The van der Waals surface area contributed by atoms with E-state index < -0.39 is 0 Å². The third-order valence-corrected chi connectivity index (χ3v) is 1.64. The molecule has 0 saturated heterocycles. The Bertz CT molecular complexity index is 235. The van der Waals surface area contributed by atoms with Crippen LogP contribution in [0.2, 0.25) is 0 Å². The largest absolute Gasteiger partial charge is 0.370 e. The van der Waals surface area contributed by atoms with Crippen molar-refractivity contribution in [2.45, 2.75) is 26.7 Å². The third kappa shape index (κ3) is 2.86. The molecule has 0 radical (unpaired) electrons. The highest BCUT2D eigenvalue weighted by atomic mass is 15.0. The number of hydrogen-bond donors (Lipinski definition) is 1. The molecule has 0 fully saturated rings. The molecular weight excluding hydrogens is 150 g/mol. The zero-order valence-corrected chi connectivity index (χ0v) is 7.67. The van der Waals surface area contributed by atoms with Gasteiger partial charge in [-0.3, -0.25) is 0 Å². The van der Waals surface area contributed by atoms with E-state index in [0.717, 1.165) is 18.1 Å². The molecule has 12 heavy (non-hydrogen) atoms. The number of aromatic nitrogens is 2. The van der Waals surface area contributed by atoms with Crippen molar-refractivity contribution >= 4 is 5.82 Å². The van der Waals surface area contributed by atoms with Gasteiger partial charge in [0.15, 0.2) is 0 Å². The predicted molar refractivity (Wildman–Crippen MR) is 50.2 cm³/mol. The number of nitrogens with one attached hydrogen (secondary N) is 1. The van der Waals surface area contributed by atoms with Gasteiger partial charge >= 0.3 is 0 Å². The van der Waals surface area contributed by atoms with Crippen LogP contribution in [0.5, 0.6) is 0 Å². The Hall–Kier alpha value is -1.12. The highest BCUT2D eigenvalue weighted by Gasteiger charge is 1.92. The monoisotopic (exact) mass is 165 g/mol. The number of anilines is 1. The van der Waals surface area contributed by atoms with E-state index in [0.29, 0.717) is 0 Å². The molecule has 3 nitrogen and oxygen atoms in total. The summed E-state index contributed by atoms with van der Waals surface area (Å²) in [4.78, 5) is 8.11. The van der Waals surface area contributed by atoms with Crippen molar-refractivity contribution < 1.29 is 0 Å². The maximum Gasteiger partial charge on any atom is 0.129 e. The summed E-state index contributed by atoms with van der Waals surface area (Å²) in [5.41, 5.74) is 1.00. The molecule has 1 heterocycles. The highest BCUT2D eigenvalue weighted by Crippen LogP contribution is 2.02. The molecule has 1 N–H and O–H groups in total. The van der Waals surface area contributed by atoms with E-state index in [1.54, 1.807) is 6.33 Å². The summed E-state index contributed by atoms with van der Waals surface area (Å²) < 4.78 is 0. The second-order valence-corrected chi connectivity index (χ2v) is 2.82. The van der Waals surface area contributed by atoms with Gasteiger partial charge in [0.05, 0.1) is 0 Å². The first-order chi connectivity index (χ1) is 5.83.